The lowest BCUT2D eigenvalue weighted by Gasteiger charge is -2.22. The van der Waals surface area contributed by atoms with Crippen LogP contribution >= 0.6 is 0 Å². The number of carbonyl (C=O) groups excluding carboxylic acids is 5. The van der Waals surface area contributed by atoms with Crippen LogP contribution in [0.25, 0.3) is 10.9 Å². The molecule has 0 fully saturated rings. The molecule has 12 nitrogen and oxygen atoms in total. The van der Waals surface area contributed by atoms with Gasteiger partial charge in [-0.3, -0.25) is 10.6 Å². The summed E-state index contributed by atoms with van der Waals surface area (Å²) in [4.78, 5) is 61.5. The summed E-state index contributed by atoms with van der Waals surface area (Å²) in [7, 11) is 0. The molecule has 46 heavy (non-hydrogen) atoms. The van der Waals surface area contributed by atoms with Crippen molar-refractivity contribution in [1.29, 1.82) is 0 Å². The van der Waals surface area contributed by atoms with Crippen LogP contribution in [0.4, 0.5) is 15.3 Å². The van der Waals surface area contributed by atoms with Gasteiger partial charge in [-0.15, -0.1) is 0 Å². The van der Waals surface area contributed by atoms with Crippen molar-refractivity contribution < 1.29 is 38.2 Å². The molecule has 4 aromatic rings. The molecule has 4 rings (SSSR count). The first-order valence-electron chi connectivity index (χ1n) is 14.2. The van der Waals surface area contributed by atoms with E-state index >= 15 is 0 Å². The van der Waals surface area contributed by atoms with E-state index in [9.17, 15) is 14.4 Å². The molecule has 240 valence electrons. The van der Waals surface area contributed by atoms with Gasteiger partial charge in [-0.1, -0.05) is 30.3 Å². The highest BCUT2D eigenvalue weighted by atomic mass is 16.6. The highest BCUT2D eigenvalue weighted by molar-refractivity contribution is 6.02. The fraction of sp³-hybridized carbons (Fsp3) is 0.265. The second kappa shape index (κ2) is 15.3. The molecule has 0 bridgehead atoms. The molecule has 0 aliphatic carbocycles. The molecule has 3 N–H and O–H groups in total. The number of nitrogens with zero attached hydrogens (tertiary/aromatic N) is 1. The zero-order valence-corrected chi connectivity index (χ0v) is 26.4. The number of aromatic amines is 1. The van der Waals surface area contributed by atoms with Crippen LogP contribution in [0, 0.1) is 0 Å². The van der Waals surface area contributed by atoms with E-state index < -0.39 is 29.4 Å². The Morgan fingerprint density at radius 2 is 1.35 bits per heavy atom. The van der Waals surface area contributed by atoms with E-state index in [1.54, 1.807) is 65.8 Å². The van der Waals surface area contributed by atoms with Gasteiger partial charge in [-0.2, -0.15) is 9.59 Å². The van der Waals surface area contributed by atoms with Crippen LogP contribution in [-0.4, -0.2) is 46.5 Å². The molecule has 0 atom stereocenters. The molecule has 0 saturated carbocycles. The third-order valence-corrected chi connectivity index (χ3v) is 5.68. The number of alkyl carbamates (subject to hydrolysis) is 2. The molecule has 2 amide bonds. The average Bonchev–Trinajstić information content (AvgIpc) is 3.33. The van der Waals surface area contributed by atoms with Gasteiger partial charge in [0, 0.05) is 23.7 Å². The van der Waals surface area contributed by atoms with Crippen molar-refractivity contribution in [3.8, 4) is 5.75 Å². The standard InChI is InChI=1S/C33H36N4O6.CO2/c1-32(2,3)42-30(39)36-29(37-31(40)43-33(4,5)6)35-24-15-12-22(13-16-24)28(38)41-26-17-14-23-19-25(34-27(23)20-26)18-21-10-8-7-9-11-21;2-1-3/h7-17,19-20,34H,18H2,1-6H3,(H2,35,36,37,39,40);. The first-order chi connectivity index (χ1) is 21.6. The van der Waals surface area contributed by atoms with Crippen LogP contribution in [0.2, 0.25) is 0 Å². The second-order valence-corrected chi connectivity index (χ2v) is 11.9. The number of guanidine groups is 1. The number of amides is 2. The van der Waals surface area contributed by atoms with E-state index in [0.29, 0.717) is 11.4 Å². The second-order valence-electron chi connectivity index (χ2n) is 11.9. The highest BCUT2D eigenvalue weighted by Crippen LogP contribution is 2.24. The van der Waals surface area contributed by atoms with E-state index in [0.717, 1.165) is 23.0 Å². The van der Waals surface area contributed by atoms with Crippen LogP contribution in [0.1, 0.15) is 63.2 Å². The fourth-order valence-electron chi connectivity index (χ4n) is 4.00. The summed E-state index contributed by atoms with van der Waals surface area (Å²) in [5, 5.41) is 5.86. The van der Waals surface area contributed by atoms with E-state index in [2.05, 4.69) is 38.8 Å². The molecule has 12 heteroatoms. The Morgan fingerprint density at radius 1 is 0.783 bits per heavy atom. The monoisotopic (exact) mass is 628 g/mol. The predicted molar refractivity (Wildman–Crippen MR) is 170 cm³/mol. The Bertz CT molecular complexity index is 1690. The number of fused-ring (bicyclic) bond motifs is 1. The number of hydrogen-bond acceptors (Lipinski definition) is 9. The number of H-pyrrole nitrogens is 1. The van der Waals surface area contributed by atoms with Crippen molar-refractivity contribution >= 4 is 46.9 Å². The van der Waals surface area contributed by atoms with Crippen LogP contribution in [0.3, 0.4) is 0 Å². The number of esters is 1. The van der Waals surface area contributed by atoms with Gasteiger partial charge in [0.25, 0.3) is 0 Å². The van der Waals surface area contributed by atoms with Crippen molar-refractivity contribution in [3.63, 3.8) is 0 Å². The van der Waals surface area contributed by atoms with Crippen LogP contribution < -0.4 is 15.4 Å². The largest absolute Gasteiger partial charge is 0.444 e. The van der Waals surface area contributed by atoms with E-state index in [1.807, 2.05) is 24.3 Å². The van der Waals surface area contributed by atoms with Gasteiger partial charge >= 0.3 is 24.3 Å². The Balaban J connectivity index is 0.00000185. The number of rotatable bonds is 5. The van der Waals surface area contributed by atoms with Crippen LogP contribution in [-0.2, 0) is 25.5 Å². The molecule has 1 aromatic heterocycles. The maximum atomic E-state index is 12.9. The number of aromatic nitrogens is 1. The number of ether oxygens (including phenoxy) is 3. The number of carbonyl (C=O) groups is 3. The zero-order valence-electron chi connectivity index (χ0n) is 26.4. The van der Waals surface area contributed by atoms with Crippen LogP contribution in [0.15, 0.2) is 83.9 Å². The summed E-state index contributed by atoms with van der Waals surface area (Å²) in [6.45, 7) is 10.3. The minimum atomic E-state index is -0.811. The predicted octanol–water partition coefficient (Wildman–Crippen LogP) is 6.43. The van der Waals surface area contributed by atoms with Gasteiger partial charge in [0.05, 0.1) is 11.3 Å². The van der Waals surface area contributed by atoms with Gasteiger partial charge in [-0.05, 0) is 95.0 Å². The Kier molecular flexibility index (Phi) is 11.6. The summed E-state index contributed by atoms with van der Waals surface area (Å²) in [6.07, 6.45) is -0.607. The number of aliphatic imine (C=N–C) groups is 1. The van der Waals surface area contributed by atoms with E-state index in [-0.39, 0.29) is 17.7 Å². The lowest BCUT2D eigenvalue weighted by Crippen LogP contribution is -2.47. The maximum absolute atomic E-state index is 12.9. The minimum absolute atomic E-state index is 0.204. The lowest BCUT2D eigenvalue weighted by molar-refractivity contribution is -0.191. The number of nitrogens with one attached hydrogen (secondary N) is 3. The summed E-state index contributed by atoms with van der Waals surface area (Å²) >= 11 is 0. The summed E-state index contributed by atoms with van der Waals surface area (Å²) in [5.74, 6) is -0.354. The van der Waals surface area contributed by atoms with Gasteiger partial charge in [0.2, 0.25) is 5.96 Å². The Labute approximate surface area is 266 Å². The summed E-state index contributed by atoms with van der Waals surface area (Å²) in [6, 6.07) is 23.8. The maximum Gasteiger partial charge on any atom is 0.414 e. The molecular weight excluding hydrogens is 592 g/mol. The van der Waals surface area contributed by atoms with Crippen molar-refractivity contribution in [2.75, 3.05) is 0 Å². The van der Waals surface area contributed by atoms with Crippen molar-refractivity contribution in [3.05, 3.63) is 95.7 Å². The van der Waals surface area contributed by atoms with Crippen molar-refractivity contribution in [2.45, 2.75) is 59.2 Å². The normalized spacial score (nSPS) is 10.8. The molecule has 3 aromatic carbocycles. The molecular formula is C34H36N4O8. The third kappa shape index (κ3) is 11.7. The topological polar surface area (TPSA) is 165 Å². The summed E-state index contributed by atoms with van der Waals surface area (Å²) < 4.78 is 16.1. The van der Waals surface area contributed by atoms with Gasteiger partial charge in [-0.25, -0.2) is 19.4 Å². The quantitative estimate of drug-likeness (QED) is 0.0984. The zero-order chi connectivity index (χ0) is 33.9. The lowest BCUT2D eigenvalue weighted by atomic mass is 10.1. The highest BCUT2D eigenvalue weighted by Gasteiger charge is 2.21. The molecule has 0 saturated heterocycles. The molecule has 0 aliphatic heterocycles. The molecule has 0 spiro atoms. The first kappa shape index (κ1) is 34.7. The average molecular weight is 629 g/mol. The molecule has 0 aliphatic rings. The Morgan fingerprint density at radius 3 is 1.89 bits per heavy atom. The van der Waals surface area contributed by atoms with Crippen molar-refractivity contribution in [2.24, 2.45) is 4.99 Å². The van der Waals surface area contributed by atoms with Gasteiger partial charge in [0.15, 0.2) is 0 Å². The number of hydrogen-bond donors (Lipinski definition) is 3. The fourth-order valence-corrected chi connectivity index (χ4v) is 4.00. The van der Waals surface area contributed by atoms with Gasteiger partial charge in [0.1, 0.15) is 17.0 Å². The molecule has 0 radical (unpaired) electrons. The molecule has 1 heterocycles. The van der Waals surface area contributed by atoms with E-state index in [1.165, 1.54) is 17.7 Å². The van der Waals surface area contributed by atoms with Crippen LogP contribution in [0.5, 0.6) is 5.75 Å². The SMILES string of the molecule is CC(C)(C)OC(=O)NC(=Nc1ccc(C(=O)Oc2ccc3cc(Cc4ccccc4)[nH]c3c2)cc1)NC(=O)OC(C)(C)C.O=C=O. The first-order valence-corrected chi connectivity index (χ1v) is 14.2. The van der Waals surface area contributed by atoms with E-state index in [4.69, 9.17) is 23.8 Å². The summed E-state index contributed by atoms with van der Waals surface area (Å²) in [5.41, 5.74) is 2.22. The smallest absolute Gasteiger partial charge is 0.414 e. The Hall–Kier alpha value is -5.74. The van der Waals surface area contributed by atoms with Crippen molar-refractivity contribution in [1.82, 2.24) is 15.6 Å². The number of benzene rings is 3. The molecule has 0 unspecified atom stereocenters. The third-order valence-electron chi connectivity index (χ3n) is 5.68. The van der Waals surface area contributed by atoms with Gasteiger partial charge < -0.3 is 19.2 Å². The minimum Gasteiger partial charge on any atom is -0.444 e.